The third-order valence-electron chi connectivity index (χ3n) is 3.07. The lowest BCUT2D eigenvalue weighted by Crippen LogP contribution is -3.12. The van der Waals surface area contributed by atoms with E-state index in [1.54, 1.807) is 16.2 Å². The molecule has 1 aromatic heterocycles. The molecule has 1 saturated heterocycles. The fourth-order valence-corrected chi connectivity index (χ4v) is 3.16. The van der Waals surface area contributed by atoms with Crippen LogP contribution in [-0.4, -0.2) is 29.4 Å². The van der Waals surface area contributed by atoms with Crippen molar-refractivity contribution in [1.29, 1.82) is 0 Å². The summed E-state index contributed by atoms with van der Waals surface area (Å²) < 4.78 is 2.88. The number of piperidine rings is 1. The van der Waals surface area contributed by atoms with Crippen LogP contribution in [0.1, 0.15) is 32.6 Å². The molecule has 0 amide bonds. The minimum atomic E-state index is 0.890. The van der Waals surface area contributed by atoms with Gasteiger partial charge in [-0.3, -0.25) is 0 Å². The lowest BCUT2D eigenvalue weighted by Gasteiger charge is -2.22. The SMILES string of the molecule is CCCNc1nn(C[NH+]2CCCCC2)c(=S)s1. The first-order chi connectivity index (χ1) is 8.29. The number of nitrogens with zero attached hydrogens (tertiary/aromatic N) is 2. The van der Waals surface area contributed by atoms with Crippen molar-refractivity contribution < 1.29 is 4.90 Å². The number of quaternary nitrogens is 1. The molecule has 1 aliphatic heterocycles. The number of hydrogen-bond acceptors (Lipinski definition) is 4. The topological polar surface area (TPSA) is 34.3 Å². The summed E-state index contributed by atoms with van der Waals surface area (Å²) in [5.41, 5.74) is 0. The van der Waals surface area contributed by atoms with Gasteiger partial charge >= 0.3 is 0 Å². The highest BCUT2D eigenvalue weighted by molar-refractivity contribution is 7.73. The van der Waals surface area contributed by atoms with E-state index >= 15 is 0 Å². The summed E-state index contributed by atoms with van der Waals surface area (Å²) in [6, 6.07) is 0. The van der Waals surface area contributed by atoms with Gasteiger partial charge in [-0.25, -0.2) is 0 Å². The Hall–Kier alpha value is -0.460. The molecule has 17 heavy (non-hydrogen) atoms. The van der Waals surface area contributed by atoms with E-state index in [9.17, 15) is 0 Å². The molecule has 2 heterocycles. The van der Waals surface area contributed by atoms with Crippen molar-refractivity contribution in [2.24, 2.45) is 0 Å². The molecular weight excluding hydrogens is 252 g/mol. The Kier molecular flexibility index (Phi) is 4.94. The molecular formula is C11H21N4S2+. The zero-order valence-electron chi connectivity index (χ0n) is 10.4. The van der Waals surface area contributed by atoms with Gasteiger partial charge in [0.2, 0.25) is 5.13 Å². The van der Waals surface area contributed by atoms with Crippen molar-refractivity contribution in [3.8, 4) is 0 Å². The second-order valence-electron chi connectivity index (χ2n) is 4.57. The standard InChI is InChI=1S/C11H20N4S2/c1-2-6-12-10-13-15(11(16)17-10)9-14-7-4-3-5-8-14/h2-9H2,1H3,(H,12,13)/p+1. The van der Waals surface area contributed by atoms with E-state index in [0.29, 0.717) is 0 Å². The van der Waals surface area contributed by atoms with E-state index in [2.05, 4.69) is 17.3 Å². The minimum Gasteiger partial charge on any atom is -0.360 e. The smallest absolute Gasteiger partial charge is 0.204 e. The fourth-order valence-electron chi connectivity index (χ4n) is 2.13. The second kappa shape index (κ2) is 6.47. The molecule has 1 aromatic rings. The maximum Gasteiger partial charge on any atom is 0.204 e. The molecule has 0 aromatic carbocycles. The van der Waals surface area contributed by atoms with E-state index in [-0.39, 0.29) is 0 Å². The monoisotopic (exact) mass is 273 g/mol. The number of likely N-dealkylation sites (tertiary alicyclic amines) is 1. The zero-order chi connectivity index (χ0) is 12.1. The highest BCUT2D eigenvalue weighted by Crippen LogP contribution is 2.13. The first-order valence-corrected chi connectivity index (χ1v) is 7.67. The van der Waals surface area contributed by atoms with Gasteiger partial charge in [-0.15, -0.1) is 5.10 Å². The van der Waals surface area contributed by atoms with Crippen molar-refractivity contribution in [2.45, 2.75) is 39.3 Å². The quantitative estimate of drug-likeness (QED) is 0.798. The van der Waals surface area contributed by atoms with Crippen molar-refractivity contribution in [3.63, 3.8) is 0 Å². The molecule has 6 heteroatoms. The molecule has 0 saturated carbocycles. The predicted octanol–water partition coefficient (Wildman–Crippen LogP) is 1.52. The van der Waals surface area contributed by atoms with E-state index in [0.717, 1.165) is 28.7 Å². The second-order valence-corrected chi connectivity index (χ2v) is 6.19. The summed E-state index contributed by atoms with van der Waals surface area (Å²) in [6.45, 7) is 6.58. The van der Waals surface area contributed by atoms with Crippen LogP contribution >= 0.6 is 23.6 Å². The number of anilines is 1. The zero-order valence-corrected chi connectivity index (χ0v) is 12.0. The number of rotatable bonds is 5. The predicted molar refractivity (Wildman–Crippen MR) is 74.3 cm³/mol. The van der Waals surface area contributed by atoms with Crippen LogP contribution in [0.15, 0.2) is 0 Å². The van der Waals surface area contributed by atoms with Crippen LogP contribution < -0.4 is 10.2 Å². The summed E-state index contributed by atoms with van der Waals surface area (Å²) in [6.07, 6.45) is 5.18. The van der Waals surface area contributed by atoms with Gasteiger partial charge in [0.05, 0.1) is 13.1 Å². The summed E-state index contributed by atoms with van der Waals surface area (Å²) in [5.74, 6) is 0. The van der Waals surface area contributed by atoms with Crippen molar-refractivity contribution in [2.75, 3.05) is 25.0 Å². The average molecular weight is 273 g/mol. The maximum atomic E-state index is 5.36. The lowest BCUT2D eigenvalue weighted by molar-refractivity contribution is -0.928. The highest BCUT2D eigenvalue weighted by atomic mass is 32.1. The Morgan fingerprint density at radius 2 is 2.18 bits per heavy atom. The van der Waals surface area contributed by atoms with Gasteiger partial charge in [0.1, 0.15) is 0 Å². The molecule has 1 aliphatic rings. The minimum absolute atomic E-state index is 0.890. The maximum absolute atomic E-state index is 5.36. The Bertz CT molecular complexity index is 392. The summed E-state index contributed by atoms with van der Waals surface area (Å²) >= 11 is 6.94. The first-order valence-electron chi connectivity index (χ1n) is 6.45. The van der Waals surface area contributed by atoms with Crippen LogP contribution in [0.4, 0.5) is 5.13 Å². The lowest BCUT2D eigenvalue weighted by atomic mass is 10.1. The van der Waals surface area contributed by atoms with Gasteiger partial charge in [-0.2, -0.15) is 4.68 Å². The van der Waals surface area contributed by atoms with Gasteiger partial charge in [-0.05, 0) is 37.9 Å². The molecule has 1 fully saturated rings. The molecule has 0 radical (unpaired) electrons. The average Bonchev–Trinajstić information content (AvgIpc) is 2.69. The van der Waals surface area contributed by atoms with Crippen LogP contribution in [0.5, 0.6) is 0 Å². The Labute approximate surface area is 112 Å². The summed E-state index contributed by atoms with van der Waals surface area (Å²) in [4.78, 5) is 1.61. The molecule has 96 valence electrons. The van der Waals surface area contributed by atoms with Gasteiger partial charge in [-0.1, -0.05) is 18.3 Å². The molecule has 0 unspecified atom stereocenters. The highest BCUT2D eigenvalue weighted by Gasteiger charge is 2.15. The van der Waals surface area contributed by atoms with Crippen LogP contribution in [0.25, 0.3) is 0 Å². The summed E-state index contributed by atoms with van der Waals surface area (Å²) in [5, 5.41) is 8.81. The molecule has 0 aliphatic carbocycles. The molecule has 0 atom stereocenters. The third-order valence-corrected chi connectivity index (χ3v) is 4.33. The summed E-state index contributed by atoms with van der Waals surface area (Å²) in [7, 11) is 0. The first kappa shape index (κ1) is 13.0. The number of nitrogens with one attached hydrogen (secondary N) is 2. The van der Waals surface area contributed by atoms with Gasteiger partial charge < -0.3 is 10.2 Å². The van der Waals surface area contributed by atoms with Crippen LogP contribution in [0.2, 0.25) is 0 Å². The molecule has 2 N–H and O–H groups in total. The van der Waals surface area contributed by atoms with Crippen LogP contribution in [0, 0.1) is 3.95 Å². The van der Waals surface area contributed by atoms with Crippen LogP contribution in [-0.2, 0) is 6.67 Å². The van der Waals surface area contributed by atoms with E-state index in [1.165, 1.54) is 32.4 Å². The Balaban J connectivity index is 1.95. The van der Waals surface area contributed by atoms with Gasteiger partial charge in [0, 0.05) is 6.54 Å². The Morgan fingerprint density at radius 1 is 1.41 bits per heavy atom. The van der Waals surface area contributed by atoms with Crippen molar-refractivity contribution in [1.82, 2.24) is 9.78 Å². The van der Waals surface area contributed by atoms with Crippen LogP contribution in [0.3, 0.4) is 0 Å². The fraction of sp³-hybridized carbons (Fsp3) is 0.818. The van der Waals surface area contributed by atoms with Gasteiger partial charge in [0.25, 0.3) is 0 Å². The largest absolute Gasteiger partial charge is 0.360 e. The van der Waals surface area contributed by atoms with E-state index in [4.69, 9.17) is 12.2 Å². The van der Waals surface area contributed by atoms with E-state index in [1.807, 2.05) is 4.68 Å². The Morgan fingerprint density at radius 3 is 2.88 bits per heavy atom. The molecule has 0 bridgehead atoms. The number of hydrogen-bond donors (Lipinski definition) is 2. The van der Waals surface area contributed by atoms with Gasteiger partial charge in [0.15, 0.2) is 10.6 Å². The van der Waals surface area contributed by atoms with E-state index < -0.39 is 0 Å². The molecule has 0 spiro atoms. The van der Waals surface area contributed by atoms with Crippen molar-refractivity contribution in [3.05, 3.63) is 3.95 Å². The third kappa shape index (κ3) is 3.76. The molecule has 2 rings (SSSR count). The molecule has 4 nitrogen and oxygen atoms in total. The number of aromatic nitrogens is 2. The normalized spacial score (nSPS) is 17.2. The van der Waals surface area contributed by atoms with Crippen molar-refractivity contribution >= 4 is 28.7 Å².